The molecule has 5 rings (SSSR count). The molecule has 2 saturated heterocycles. The smallest absolute Gasteiger partial charge is 0.177 e. The van der Waals surface area contributed by atoms with Gasteiger partial charge >= 0.3 is 0 Å². The van der Waals surface area contributed by atoms with Gasteiger partial charge in [0, 0.05) is 29.4 Å². The number of aromatic amines is 1. The molecule has 2 aliphatic rings. The Kier molecular flexibility index (Phi) is 5.08. The van der Waals surface area contributed by atoms with Crippen molar-refractivity contribution in [1.82, 2.24) is 20.2 Å². The summed E-state index contributed by atoms with van der Waals surface area (Å²) >= 11 is 13.8. The zero-order chi connectivity index (χ0) is 20.0. The number of H-pyrrole nitrogens is 1. The van der Waals surface area contributed by atoms with Crippen molar-refractivity contribution in [3.63, 3.8) is 0 Å². The molecule has 2 aromatic heterocycles. The van der Waals surface area contributed by atoms with Crippen LogP contribution in [0.2, 0.25) is 10.0 Å². The van der Waals surface area contributed by atoms with Gasteiger partial charge in [0.1, 0.15) is 11.3 Å². The van der Waals surface area contributed by atoms with Gasteiger partial charge < -0.3 is 15.4 Å². The van der Waals surface area contributed by atoms with E-state index >= 15 is 0 Å². The average molecular weight is 451 g/mol. The molecule has 2 fully saturated rings. The summed E-state index contributed by atoms with van der Waals surface area (Å²) in [5.41, 5.74) is 7.77. The summed E-state index contributed by atoms with van der Waals surface area (Å²) in [6, 6.07) is 5.65. The number of rotatable bonds is 3. The lowest BCUT2D eigenvalue weighted by Gasteiger charge is -2.41. The zero-order valence-corrected chi connectivity index (χ0v) is 17.9. The molecule has 1 aromatic carbocycles. The van der Waals surface area contributed by atoms with Gasteiger partial charge in [-0.3, -0.25) is 5.10 Å². The second-order valence-electron chi connectivity index (χ2n) is 7.58. The standard InChI is InChI=1S/C19H20Cl2N6OS/c20-11-2-1-3-12(15(11)21)29-18-16-17(25-26-18)24-14(8-23-16)27-6-4-19(5-7-27)10-28-9-13(19)22/h1-3,8,13H,4-7,9-10,22H2,(H,24,25,26)/t13-/m1/s1. The minimum Gasteiger partial charge on any atom is -0.379 e. The maximum Gasteiger partial charge on any atom is 0.177 e. The Morgan fingerprint density at radius 2 is 2.10 bits per heavy atom. The lowest BCUT2D eigenvalue weighted by atomic mass is 9.75. The number of piperidine rings is 1. The van der Waals surface area contributed by atoms with Gasteiger partial charge in [-0.05, 0) is 25.0 Å². The maximum atomic E-state index is 6.30. The van der Waals surface area contributed by atoms with E-state index in [2.05, 4.69) is 20.1 Å². The zero-order valence-electron chi connectivity index (χ0n) is 15.6. The molecule has 1 spiro atoms. The summed E-state index contributed by atoms with van der Waals surface area (Å²) in [6.45, 7) is 3.22. The molecule has 0 bridgehead atoms. The van der Waals surface area contributed by atoms with Crippen molar-refractivity contribution in [2.75, 3.05) is 31.2 Å². The molecule has 3 N–H and O–H groups in total. The van der Waals surface area contributed by atoms with Crippen LogP contribution in [0, 0.1) is 5.41 Å². The first-order chi connectivity index (χ1) is 14.1. The van der Waals surface area contributed by atoms with Crippen molar-refractivity contribution >= 4 is 51.9 Å². The van der Waals surface area contributed by atoms with Crippen LogP contribution in [0.3, 0.4) is 0 Å². The van der Waals surface area contributed by atoms with E-state index in [1.807, 2.05) is 18.3 Å². The molecule has 0 unspecified atom stereocenters. The van der Waals surface area contributed by atoms with Gasteiger partial charge in [0.15, 0.2) is 10.7 Å². The van der Waals surface area contributed by atoms with Crippen LogP contribution >= 0.6 is 35.0 Å². The van der Waals surface area contributed by atoms with E-state index in [0.717, 1.165) is 53.8 Å². The molecule has 0 aliphatic carbocycles. The molecule has 10 heteroatoms. The third kappa shape index (κ3) is 3.47. The second-order valence-corrected chi connectivity index (χ2v) is 9.40. The van der Waals surface area contributed by atoms with E-state index < -0.39 is 0 Å². The maximum absolute atomic E-state index is 6.30. The van der Waals surface area contributed by atoms with E-state index in [1.165, 1.54) is 11.8 Å². The number of ether oxygens (including phenoxy) is 1. The Morgan fingerprint density at radius 3 is 2.86 bits per heavy atom. The highest BCUT2D eigenvalue weighted by molar-refractivity contribution is 7.99. The van der Waals surface area contributed by atoms with E-state index in [-0.39, 0.29) is 11.5 Å². The molecule has 7 nitrogen and oxygen atoms in total. The van der Waals surface area contributed by atoms with Gasteiger partial charge in [-0.25, -0.2) is 9.97 Å². The highest BCUT2D eigenvalue weighted by Gasteiger charge is 2.44. The first-order valence-corrected chi connectivity index (χ1v) is 11.0. The van der Waals surface area contributed by atoms with E-state index in [0.29, 0.717) is 22.3 Å². The summed E-state index contributed by atoms with van der Waals surface area (Å²) in [4.78, 5) is 12.5. The molecule has 0 radical (unpaired) electrons. The molecule has 152 valence electrons. The fourth-order valence-corrected chi connectivity index (χ4v) is 5.39. The normalized spacial score (nSPS) is 21.3. The number of anilines is 1. The summed E-state index contributed by atoms with van der Waals surface area (Å²) in [5.74, 6) is 0.848. The van der Waals surface area contributed by atoms with E-state index in [1.54, 1.807) is 6.07 Å². The molecule has 29 heavy (non-hydrogen) atoms. The van der Waals surface area contributed by atoms with Gasteiger partial charge in [0.05, 0.1) is 29.5 Å². The summed E-state index contributed by atoms with van der Waals surface area (Å²) in [7, 11) is 0. The molecule has 0 amide bonds. The van der Waals surface area contributed by atoms with Crippen LogP contribution in [0.1, 0.15) is 12.8 Å². The quantitative estimate of drug-likeness (QED) is 0.627. The predicted octanol–water partition coefficient (Wildman–Crippen LogP) is 3.76. The number of nitrogens with zero attached hydrogens (tertiary/aromatic N) is 4. The van der Waals surface area contributed by atoms with Crippen LogP contribution in [0.15, 0.2) is 34.3 Å². The van der Waals surface area contributed by atoms with Gasteiger partial charge in [-0.2, -0.15) is 5.10 Å². The summed E-state index contributed by atoms with van der Waals surface area (Å²) in [6.07, 6.45) is 3.82. The fourth-order valence-electron chi connectivity index (χ4n) is 4.03. The first-order valence-electron chi connectivity index (χ1n) is 9.47. The Morgan fingerprint density at radius 1 is 1.28 bits per heavy atom. The number of aromatic nitrogens is 4. The minimum absolute atomic E-state index is 0.113. The third-order valence-corrected chi connectivity index (χ3v) is 7.87. The Balaban J connectivity index is 1.35. The number of fused-ring (bicyclic) bond motifs is 1. The van der Waals surface area contributed by atoms with Crippen LogP contribution in [0.4, 0.5) is 5.82 Å². The topological polar surface area (TPSA) is 93.0 Å². The number of hydrogen-bond acceptors (Lipinski definition) is 7. The van der Waals surface area contributed by atoms with Gasteiger partial charge in [-0.1, -0.05) is 41.0 Å². The highest BCUT2D eigenvalue weighted by Crippen LogP contribution is 2.40. The summed E-state index contributed by atoms with van der Waals surface area (Å²) < 4.78 is 5.61. The van der Waals surface area contributed by atoms with Crippen LogP contribution in [-0.4, -0.2) is 52.5 Å². The SMILES string of the molecule is N[C@@H]1COCC12CCN(c1cnc3c(Sc4cccc(Cl)c4Cl)n[nH]c3n1)CC2. The lowest BCUT2D eigenvalue weighted by molar-refractivity contribution is 0.131. The number of nitrogens with two attached hydrogens (primary N) is 1. The largest absolute Gasteiger partial charge is 0.379 e. The van der Waals surface area contributed by atoms with Gasteiger partial charge in [0.2, 0.25) is 0 Å². The first kappa shape index (κ1) is 19.4. The molecule has 0 saturated carbocycles. The highest BCUT2D eigenvalue weighted by atomic mass is 35.5. The van der Waals surface area contributed by atoms with E-state index in [4.69, 9.17) is 38.7 Å². The molecule has 3 aromatic rings. The minimum atomic E-state index is 0.113. The molecule has 4 heterocycles. The summed E-state index contributed by atoms with van der Waals surface area (Å²) in [5, 5.41) is 9.11. The Hall–Kier alpha value is -1.58. The van der Waals surface area contributed by atoms with Gasteiger partial charge in [-0.15, -0.1) is 0 Å². The van der Waals surface area contributed by atoms with Gasteiger partial charge in [0.25, 0.3) is 0 Å². The predicted molar refractivity (Wildman–Crippen MR) is 115 cm³/mol. The van der Waals surface area contributed by atoms with Crippen molar-refractivity contribution in [2.24, 2.45) is 11.1 Å². The monoisotopic (exact) mass is 450 g/mol. The van der Waals surface area contributed by atoms with Crippen LogP contribution in [-0.2, 0) is 4.74 Å². The molecule has 2 aliphatic heterocycles. The van der Waals surface area contributed by atoms with Crippen molar-refractivity contribution in [2.45, 2.75) is 28.8 Å². The Labute approximate surface area is 182 Å². The third-order valence-electron chi connectivity index (χ3n) is 5.91. The van der Waals surface area contributed by atoms with Crippen LogP contribution in [0.5, 0.6) is 0 Å². The van der Waals surface area contributed by atoms with Crippen molar-refractivity contribution in [1.29, 1.82) is 0 Å². The molecule has 1 atom stereocenters. The van der Waals surface area contributed by atoms with Crippen molar-refractivity contribution in [3.8, 4) is 0 Å². The second kappa shape index (κ2) is 7.59. The lowest BCUT2D eigenvalue weighted by Crippen LogP contribution is -2.49. The van der Waals surface area contributed by atoms with Crippen LogP contribution in [0.25, 0.3) is 11.2 Å². The number of hydrogen-bond donors (Lipinski definition) is 2. The van der Waals surface area contributed by atoms with Crippen molar-refractivity contribution in [3.05, 3.63) is 34.4 Å². The average Bonchev–Trinajstić information content (AvgIpc) is 3.29. The number of halogens is 2. The van der Waals surface area contributed by atoms with Crippen molar-refractivity contribution < 1.29 is 4.74 Å². The molecular weight excluding hydrogens is 431 g/mol. The Bertz CT molecular complexity index is 1050. The van der Waals surface area contributed by atoms with Crippen LogP contribution < -0.4 is 10.6 Å². The fraction of sp³-hybridized carbons (Fsp3) is 0.421. The van der Waals surface area contributed by atoms with E-state index in [9.17, 15) is 0 Å². The number of nitrogens with one attached hydrogen (secondary N) is 1. The molecular formula is C19H20Cl2N6OS. The number of benzene rings is 1.